The van der Waals surface area contributed by atoms with E-state index in [1.165, 1.54) is 4.90 Å². The van der Waals surface area contributed by atoms with Gasteiger partial charge in [-0.25, -0.2) is 14.2 Å². The molecule has 96 valence electrons. The molecule has 0 radical (unpaired) electrons. The number of Topliss-reactive ketones (excluding diaryl/α,β-unsaturated/α-hetero) is 1. The lowest BCUT2D eigenvalue weighted by molar-refractivity contribution is -0.132. The van der Waals surface area contributed by atoms with Crippen LogP contribution >= 0.6 is 15.9 Å². The maximum Gasteiger partial charge on any atom is 0.341 e. The number of halogens is 2. The molecule has 0 atom stereocenters. The Labute approximate surface area is 111 Å². The number of hydrogen-bond acceptors (Lipinski definition) is 4. The number of aliphatic carboxylic acids is 1. The summed E-state index contributed by atoms with van der Waals surface area (Å²) < 4.78 is 13.7. The number of carboxylic acids is 1. The summed E-state index contributed by atoms with van der Waals surface area (Å²) in [5, 5.41) is 8.95. The average molecular weight is 317 g/mol. The van der Waals surface area contributed by atoms with Crippen LogP contribution in [0, 0.1) is 5.82 Å². The second-order valence-electron chi connectivity index (χ2n) is 3.63. The number of pyridine rings is 1. The summed E-state index contributed by atoms with van der Waals surface area (Å²) in [4.78, 5) is 27.9. The van der Waals surface area contributed by atoms with Crippen LogP contribution in [0.5, 0.6) is 0 Å². The molecule has 1 rings (SSSR count). The number of rotatable bonds is 4. The van der Waals surface area contributed by atoms with Crippen molar-refractivity contribution in [2.24, 2.45) is 0 Å². The first kappa shape index (κ1) is 14.3. The van der Waals surface area contributed by atoms with Gasteiger partial charge in [-0.3, -0.25) is 4.79 Å². The lowest BCUT2D eigenvalue weighted by Gasteiger charge is -2.08. The molecule has 18 heavy (non-hydrogen) atoms. The van der Waals surface area contributed by atoms with Crippen molar-refractivity contribution < 1.29 is 19.1 Å². The van der Waals surface area contributed by atoms with Crippen molar-refractivity contribution in [3.8, 4) is 0 Å². The Hall–Kier alpha value is -1.76. The van der Waals surface area contributed by atoms with E-state index < -0.39 is 23.1 Å². The predicted molar refractivity (Wildman–Crippen MR) is 65.6 cm³/mol. The number of carbonyl (C=O) groups is 2. The molecule has 1 N–H and O–H groups in total. The van der Waals surface area contributed by atoms with Crippen LogP contribution in [0.15, 0.2) is 28.6 Å². The van der Waals surface area contributed by atoms with Crippen LogP contribution in [0.25, 0.3) is 0 Å². The molecule has 0 amide bonds. The zero-order valence-electron chi connectivity index (χ0n) is 9.65. The van der Waals surface area contributed by atoms with Gasteiger partial charge in [-0.2, -0.15) is 0 Å². The molecule has 0 aliphatic heterocycles. The van der Waals surface area contributed by atoms with Crippen molar-refractivity contribution in [2.45, 2.75) is 0 Å². The van der Waals surface area contributed by atoms with Crippen LogP contribution in [0.4, 0.5) is 4.39 Å². The van der Waals surface area contributed by atoms with E-state index in [1.807, 2.05) is 0 Å². The molecule has 0 bridgehead atoms. The smallest absolute Gasteiger partial charge is 0.341 e. The molecule has 0 saturated heterocycles. The number of carbonyl (C=O) groups excluding carboxylic acids is 1. The van der Waals surface area contributed by atoms with Crippen molar-refractivity contribution in [1.29, 1.82) is 0 Å². The monoisotopic (exact) mass is 316 g/mol. The SMILES string of the molecule is CN(C)C=C(C(=O)O)C(=O)c1cc(Br)ncc1F. The molecule has 0 aliphatic carbocycles. The molecule has 0 spiro atoms. The summed E-state index contributed by atoms with van der Waals surface area (Å²) in [6, 6.07) is 1.14. The molecule has 1 aromatic heterocycles. The first-order valence-electron chi connectivity index (χ1n) is 4.80. The van der Waals surface area contributed by atoms with Crippen molar-refractivity contribution >= 4 is 27.7 Å². The van der Waals surface area contributed by atoms with Gasteiger partial charge in [0, 0.05) is 20.3 Å². The minimum atomic E-state index is -1.42. The fourth-order valence-corrected chi connectivity index (χ4v) is 1.53. The standard InChI is InChI=1S/C11H10BrFN2O3/c1-15(2)5-7(11(17)18)10(16)6-3-9(12)14-4-8(6)13/h3-5H,1-2H3,(H,17,18). The number of carboxylic acid groups (broad SMARTS) is 1. The summed E-state index contributed by atoms with van der Waals surface area (Å²) in [6.45, 7) is 0. The lowest BCUT2D eigenvalue weighted by atomic mass is 10.1. The molecule has 0 saturated carbocycles. The Morgan fingerprint density at radius 2 is 2.11 bits per heavy atom. The van der Waals surface area contributed by atoms with Gasteiger partial charge in [0.1, 0.15) is 10.2 Å². The van der Waals surface area contributed by atoms with E-state index >= 15 is 0 Å². The molecule has 1 aromatic rings. The Morgan fingerprint density at radius 1 is 1.50 bits per heavy atom. The van der Waals surface area contributed by atoms with E-state index in [0.717, 1.165) is 18.5 Å². The molecule has 5 nitrogen and oxygen atoms in total. The second kappa shape index (κ2) is 5.72. The first-order chi connectivity index (χ1) is 8.32. The summed E-state index contributed by atoms with van der Waals surface area (Å²) in [6.07, 6.45) is 1.98. The third kappa shape index (κ3) is 3.36. The molecule has 0 fully saturated rings. The predicted octanol–water partition coefficient (Wildman–Crippen LogP) is 1.70. The van der Waals surface area contributed by atoms with Crippen LogP contribution < -0.4 is 0 Å². The van der Waals surface area contributed by atoms with Crippen molar-refractivity contribution in [3.05, 3.63) is 40.0 Å². The van der Waals surface area contributed by atoms with Crippen LogP contribution in [0.2, 0.25) is 0 Å². The first-order valence-corrected chi connectivity index (χ1v) is 5.59. The maximum atomic E-state index is 13.4. The van der Waals surface area contributed by atoms with Gasteiger partial charge in [-0.1, -0.05) is 0 Å². The Kier molecular flexibility index (Phi) is 4.55. The molecule has 1 heterocycles. The van der Waals surface area contributed by atoms with E-state index in [2.05, 4.69) is 20.9 Å². The van der Waals surface area contributed by atoms with Gasteiger partial charge < -0.3 is 10.0 Å². The highest BCUT2D eigenvalue weighted by atomic mass is 79.9. The number of nitrogens with zero attached hydrogens (tertiary/aromatic N) is 2. The van der Waals surface area contributed by atoms with Gasteiger partial charge in [0.25, 0.3) is 0 Å². The normalized spacial score (nSPS) is 11.2. The zero-order valence-corrected chi connectivity index (χ0v) is 11.2. The largest absolute Gasteiger partial charge is 0.477 e. The Bertz CT molecular complexity index is 529. The van der Waals surface area contributed by atoms with Crippen LogP contribution in [0.1, 0.15) is 10.4 Å². The minimum absolute atomic E-state index is 0.252. The van der Waals surface area contributed by atoms with E-state index in [1.54, 1.807) is 14.1 Å². The quantitative estimate of drug-likeness (QED) is 0.301. The fourth-order valence-electron chi connectivity index (χ4n) is 1.20. The molecule has 0 aliphatic rings. The van der Waals surface area contributed by atoms with Gasteiger partial charge in [0.15, 0.2) is 5.82 Å². The summed E-state index contributed by atoms with van der Waals surface area (Å²) in [7, 11) is 3.13. The highest BCUT2D eigenvalue weighted by Gasteiger charge is 2.23. The third-order valence-corrected chi connectivity index (χ3v) is 2.36. The fraction of sp³-hybridized carbons (Fsp3) is 0.182. The van der Waals surface area contributed by atoms with Gasteiger partial charge in [-0.15, -0.1) is 0 Å². The van der Waals surface area contributed by atoms with E-state index in [9.17, 15) is 14.0 Å². The van der Waals surface area contributed by atoms with E-state index in [0.29, 0.717) is 0 Å². The van der Waals surface area contributed by atoms with Crippen LogP contribution in [-0.2, 0) is 4.79 Å². The zero-order chi connectivity index (χ0) is 13.9. The van der Waals surface area contributed by atoms with Crippen molar-refractivity contribution in [2.75, 3.05) is 14.1 Å². The van der Waals surface area contributed by atoms with E-state index in [-0.39, 0.29) is 10.2 Å². The van der Waals surface area contributed by atoms with Gasteiger partial charge in [0.05, 0.1) is 11.8 Å². The highest BCUT2D eigenvalue weighted by Crippen LogP contribution is 2.16. The molecule has 0 aromatic carbocycles. The summed E-state index contributed by atoms with van der Waals surface area (Å²) in [5.41, 5.74) is -0.857. The van der Waals surface area contributed by atoms with Gasteiger partial charge in [-0.05, 0) is 22.0 Å². The summed E-state index contributed by atoms with van der Waals surface area (Å²) in [5.74, 6) is -3.19. The van der Waals surface area contributed by atoms with Gasteiger partial charge >= 0.3 is 5.97 Å². The number of ketones is 1. The average Bonchev–Trinajstić information content (AvgIpc) is 2.27. The van der Waals surface area contributed by atoms with Crippen LogP contribution in [0.3, 0.4) is 0 Å². The van der Waals surface area contributed by atoms with Crippen molar-refractivity contribution in [3.63, 3.8) is 0 Å². The number of hydrogen-bond donors (Lipinski definition) is 1. The molecule has 7 heteroatoms. The molecular formula is C11H10BrFN2O3. The maximum absolute atomic E-state index is 13.4. The van der Waals surface area contributed by atoms with E-state index in [4.69, 9.17) is 5.11 Å². The Morgan fingerprint density at radius 3 is 2.61 bits per heavy atom. The minimum Gasteiger partial charge on any atom is -0.477 e. The number of aromatic nitrogens is 1. The second-order valence-corrected chi connectivity index (χ2v) is 4.44. The third-order valence-electron chi connectivity index (χ3n) is 1.93. The van der Waals surface area contributed by atoms with Gasteiger partial charge in [0.2, 0.25) is 5.78 Å². The van der Waals surface area contributed by atoms with Crippen molar-refractivity contribution in [1.82, 2.24) is 9.88 Å². The molecule has 0 unspecified atom stereocenters. The topological polar surface area (TPSA) is 70.5 Å². The highest BCUT2D eigenvalue weighted by molar-refractivity contribution is 9.10. The Balaban J connectivity index is 3.27. The summed E-state index contributed by atoms with van der Waals surface area (Å²) >= 11 is 2.99. The molecular weight excluding hydrogens is 307 g/mol. The van der Waals surface area contributed by atoms with Crippen LogP contribution in [-0.4, -0.2) is 40.8 Å². The lowest BCUT2D eigenvalue weighted by Crippen LogP contribution is -2.18.